The molecule has 2 atom stereocenters. The number of fused-ring (bicyclic) bond motifs is 1. The van der Waals surface area contributed by atoms with Crippen molar-refractivity contribution in [3.05, 3.63) is 72.6 Å². The second kappa shape index (κ2) is 9.92. The summed E-state index contributed by atoms with van der Waals surface area (Å²) in [6, 6.07) is 13.4. The van der Waals surface area contributed by atoms with E-state index in [-0.39, 0.29) is 37.6 Å². The highest BCUT2D eigenvalue weighted by Gasteiger charge is 2.36. The lowest BCUT2D eigenvalue weighted by atomic mass is 10.1. The van der Waals surface area contributed by atoms with E-state index >= 15 is 0 Å². The van der Waals surface area contributed by atoms with E-state index < -0.39 is 6.04 Å². The number of amides is 2. The van der Waals surface area contributed by atoms with Crippen molar-refractivity contribution in [2.45, 2.75) is 38.1 Å². The minimum absolute atomic E-state index is 0.0735. The highest BCUT2D eigenvalue weighted by molar-refractivity contribution is 5.88. The molecule has 0 saturated carbocycles. The van der Waals surface area contributed by atoms with Gasteiger partial charge in [-0.1, -0.05) is 17.3 Å². The molecular formula is C24H25N5O5. The number of carbonyl (C=O) groups excluding carboxylic acids is 2. The van der Waals surface area contributed by atoms with Gasteiger partial charge in [0.1, 0.15) is 23.6 Å². The lowest BCUT2D eigenvalue weighted by molar-refractivity contribution is -0.144. The van der Waals surface area contributed by atoms with E-state index in [1.165, 1.54) is 11.2 Å². The van der Waals surface area contributed by atoms with E-state index in [2.05, 4.69) is 15.6 Å². The van der Waals surface area contributed by atoms with Crippen molar-refractivity contribution in [2.75, 3.05) is 13.2 Å². The maximum Gasteiger partial charge on any atom is 0.251 e. The Morgan fingerprint density at radius 1 is 1.12 bits per heavy atom. The quantitative estimate of drug-likeness (QED) is 0.406. The number of nitrogens with one attached hydrogen (secondary N) is 1. The molecule has 10 heteroatoms. The zero-order valence-corrected chi connectivity index (χ0v) is 18.5. The van der Waals surface area contributed by atoms with E-state index in [1.54, 1.807) is 35.2 Å². The van der Waals surface area contributed by atoms with Crippen LogP contribution in [0.5, 0.6) is 0 Å². The largest absolute Gasteiger partial charge is 0.467 e. The van der Waals surface area contributed by atoms with Gasteiger partial charge in [-0.15, -0.1) is 5.10 Å². The number of hydrogen-bond acceptors (Lipinski definition) is 7. The van der Waals surface area contributed by atoms with Crippen LogP contribution in [-0.4, -0.2) is 51.0 Å². The zero-order valence-electron chi connectivity index (χ0n) is 18.5. The van der Waals surface area contributed by atoms with Crippen molar-refractivity contribution in [3.63, 3.8) is 0 Å². The second-order valence-electron chi connectivity index (χ2n) is 8.13. The van der Waals surface area contributed by atoms with E-state index in [1.807, 2.05) is 24.3 Å². The average Bonchev–Trinajstić information content (AvgIpc) is 3.66. The Hall–Kier alpha value is -3.92. The fourth-order valence-electron chi connectivity index (χ4n) is 4.17. The topological polar surface area (TPSA) is 116 Å². The van der Waals surface area contributed by atoms with Gasteiger partial charge in [-0.25, -0.2) is 4.68 Å². The van der Waals surface area contributed by atoms with Crippen LogP contribution in [0.15, 0.2) is 69.9 Å². The summed E-state index contributed by atoms with van der Waals surface area (Å²) in [6.07, 6.45) is 4.60. The SMILES string of the molecule is O=C(NCc1ccco1)[C@@H](c1ccco1)N(C[C@@H]1CCCO1)C(=O)Cn1nnc2ccccc21. The molecule has 3 aromatic heterocycles. The predicted molar refractivity (Wildman–Crippen MR) is 120 cm³/mol. The van der Waals surface area contributed by atoms with Gasteiger partial charge in [-0.2, -0.15) is 0 Å². The summed E-state index contributed by atoms with van der Waals surface area (Å²) in [6.45, 7) is 1.01. The number of carbonyl (C=O) groups is 2. The minimum atomic E-state index is -0.976. The summed E-state index contributed by atoms with van der Waals surface area (Å²) in [5.41, 5.74) is 1.43. The molecule has 1 aliphatic rings. The van der Waals surface area contributed by atoms with Crippen LogP contribution in [0, 0.1) is 0 Å². The molecule has 5 rings (SSSR count). The van der Waals surface area contributed by atoms with Crippen LogP contribution >= 0.6 is 0 Å². The molecular weight excluding hydrogens is 438 g/mol. The van der Waals surface area contributed by atoms with Crippen molar-refractivity contribution in [1.82, 2.24) is 25.2 Å². The first-order valence-electron chi connectivity index (χ1n) is 11.2. The van der Waals surface area contributed by atoms with Gasteiger partial charge >= 0.3 is 0 Å². The number of nitrogens with zero attached hydrogens (tertiary/aromatic N) is 4. The molecule has 0 spiro atoms. The third-order valence-corrected chi connectivity index (χ3v) is 5.84. The maximum absolute atomic E-state index is 13.7. The molecule has 2 amide bonds. The Labute approximate surface area is 195 Å². The molecule has 1 aliphatic heterocycles. The average molecular weight is 463 g/mol. The number of ether oxygens (including phenoxy) is 1. The lowest BCUT2D eigenvalue weighted by Crippen LogP contribution is -2.47. The number of aromatic nitrogens is 3. The smallest absolute Gasteiger partial charge is 0.251 e. The third-order valence-electron chi connectivity index (χ3n) is 5.84. The Kier molecular flexibility index (Phi) is 6.39. The maximum atomic E-state index is 13.7. The first-order chi connectivity index (χ1) is 16.7. The van der Waals surface area contributed by atoms with Crippen molar-refractivity contribution in [1.29, 1.82) is 0 Å². The van der Waals surface area contributed by atoms with E-state index in [0.29, 0.717) is 23.6 Å². The standard InChI is InChI=1S/C24H25N5O5/c30-22(16-29-20-9-2-1-8-19(20)26-27-29)28(15-18-7-4-12-33-18)23(21-10-5-13-34-21)24(31)25-14-17-6-3-11-32-17/h1-3,5-6,8-11,13,18,23H,4,7,12,14-16H2,(H,25,31)/t18-,23+/m0/s1. The Bertz CT molecular complexity index is 1230. The summed E-state index contributed by atoms with van der Waals surface area (Å²) in [5, 5.41) is 11.1. The van der Waals surface area contributed by atoms with Gasteiger partial charge in [0, 0.05) is 13.2 Å². The monoisotopic (exact) mass is 463 g/mol. The molecule has 0 aliphatic carbocycles. The van der Waals surface area contributed by atoms with Gasteiger partial charge < -0.3 is 23.8 Å². The molecule has 0 unspecified atom stereocenters. The van der Waals surface area contributed by atoms with Crippen LogP contribution < -0.4 is 5.32 Å². The number of furan rings is 2. The number of hydrogen-bond donors (Lipinski definition) is 1. The molecule has 10 nitrogen and oxygen atoms in total. The lowest BCUT2D eigenvalue weighted by Gasteiger charge is -2.31. The molecule has 176 valence electrons. The van der Waals surface area contributed by atoms with Crippen LogP contribution in [0.4, 0.5) is 0 Å². The molecule has 4 aromatic rings. The van der Waals surface area contributed by atoms with Crippen LogP contribution in [0.2, 0.25) is 0 Å². The molecule has 0 radical (unpaired) electrons. The Balaban J connectivity index is 1.43. The van der Waals surface area contributed by atoms with Crippen LogP contribution in [-0.2, 0) is 27.4 Å². The van der Waals surface area contributed by atoms with Gasteiger partial charge in [0.25, 0.3) is 5.91 Å². The van der Waals surface area contributed by atoms with Gasteiger partial charge in [0.15, 0.2) is 6.04 Å². The fourth-order valence-corrected chi connectivity index (χ4v) is 4.17. The summed E-state index contributed by atoms with van der Waals surface area (Å²) in [7, 11) is 0. The Morgan fingerprint density at radius 3 is 2.74 bits per heavy atom. The third kappa shape index (κ3) is 4.72. The molecule has 1 N–H and O–H groups in total. The minimum Gasteiger partial charge on any atom is -0.467 e. The summed E-state index contributed by atoms with van der Waals surface area (Å²) >= 11 is 0. The number of rotatable bonds is 9. The highest BCUT2D eigenvalue weighted by Crippen LogP contribution is 2.26. The molecule has 1 saturated heterocycles. The van der Waals surface area contributed by atoms with E-state index in [4.69, 9.17) is 13.6 Å². The van der Waals surface area contributed by atoms with Gasteiger partial charge in [0.2, 0.25) is 5.91 Å². The highest BCUT2D eigenvalue weighted by atomic mass is 16.5. The van der Waals surface area contributed by atoms with Crippen molar-refractivity contribution in [2.24, 2.45) is 0 Å². The fraction of sp³-hybridized carbons (Fsp3) is 0.333. The molecule has 0 bridgehead atoms. The van der Waals surface area contributed by atoms with Crippen molar-refractivity contribution in [3.8, 4) is 0 Å². The first kappa shape index (κ1) is 21.9. The molecule has 1 fully saturated rings. The summed E-state index contributed by atoms with van der Waals surface area (Å²) in [4.78, 5) is 28.6. The van der Waals surface area contributed by atoms with Crippen molar-refractivity contribution < 1.29 is 23.2 Å². The Morgan fingerprint density at radius 2 is 1.97 bits per heavy atom. The van der Waals surface area contributed by atoms with Gasteiger partial charge in [-0.3, -0.25) is 9.59 Å². The number of benzene rings is 1. The van der Waals surface area contributed by atoms with E-state index in [0.717, 1.165) is 18.4 Å². The summed E-state index contributed by atoms with van der Waals surface area (Å²) in [5.74, 6) is 0.311. The number of para-hydroxylation sites is 1. The van der Waals surface area contributed by atoms with Crippen LogP contribution in [0.25, 0.3) is 11.0 Å². The van der Waals surface area contributed by atoms with Crippen molar-refractivity contribution >= 4 is 22.8 Å². The van der Waals surface area contributed by atoms with Crippen LogP contribution in [0.1, 0.15) is 30.4 Å². The summed E-state index contributed by atoms with van der Waals surface area (Å²) < 4.78 is 18.3. The normalized spacial score (nSPS) is 16.5. The molecule has 1 aromatic carbocycles. The second-order valence-corrected chi connectivity index (χ2v) is 8.13. The van der Waals surface area contributed by atoms with E-state index in [9.17, 15) is 9.59 Å². The molecule has 34 heavy (non-hydrogen) atoms. The zero-order chi connectivity index (χ0) is 23.3. The van der Waals surface area contributed by atoms with Gasteiger partial charge in [0.05, 0.1) is 30.7 Å². The van der Waals surface area contributed by atoms with Gasteiger partial charge in [-0.05, 0) is 49.2 Å². The molecule has 4 heterocycles. The first-order valence-corrected chi connectivity index (χ1v) is 11.2. The van der Waals surface area contributed by atoms with Crippen LogP contribution in [0.3, 0.4) is 0 Å². The predicted octanol–water partition coefficient (Wildman–Crippen LogP) is 2.68.